The molecule has 0 aliphatic heterocycles. The third kappa shape index (κ3) is 1.79. The van der Waals surface area contributed by atoms with Crippen LogP contribution in [0.1, 0.15) is 20.8 Å². The highest BCUT2D eigenvalue weighted by molar-refractivity contribution is 6.04. The third-order valence-corrected chi connectivity index (χ3v) is 1.58. The van der Waals surface area contributed by atoms with Gasteiger partial charge in [-0.3, -0.25) is 9.59 Å². The summed E-state index contributed by atoms with van der Waals surface area (Å²) in [5.74, 6) is -1.38. The van der Waals surface area contributed by atoms with Gasteiger partial charge >= 0.3 is 0 Å². The standard InChI is InChI=1S/C8H9N3O3/c1-14-5-3-2-4(7(9)12)6(11-5)8(10)13/h2-3H,1H3,(H2,9,12)(H2,10,13). The van der Waals surface area contributed by atoms with Crippen LogP contribution in [0.3, 0.4) is 0 Å². The number of aromatic nitrogens is 1. The maximum Gasteiger partial charge on any atom is 0.268 e. The molecule has 0 aliphatic carbocycles. The molecule has 0 atom stereocenters. The van der Waals surface area contributed by atoms with Crippen molar-refractivity contribution in [1.29, 1.82) is 0 Å². The molecule has 0 aliphatic rings. The van der Waals surface area contributed by atoms with Gasteiger partial charge in [0.25, 0.3) is 11.8 Å². The van der Waals surface area contributed by atoms with Crippen molar-refractivity contribution in [2.24, 2.45) is 11.5 Å². The topological polar surface area (TPSA) is 108 Å². The molecule has 6 heteroatoms. The van der Waals surface area contributed by atoms with Gasteiger partial charge < -0.3 is 16.2 Å². The van der Waals surface area contributed by atoms with E-state index < -0.39 is 11.8 Å². The molecule has 1 rings (SSSR count). The number of ether oxygens (including phenoxy) is 1. The molecule has 0 radical (unpaired) electrons. The highest BCUT2D eigenvalue weighted by atomic mass is 16.5. The van der Waals surface area contributed by atoms with Crippen molar-refractivity contribution < 1.29 is 14.3 Å². The summed E-state index contributed by atoms with van der Waals surface area (Å²) in [6.07, 6.45) is 0. The van der Waals surface area contributed by atoms with Gasteiger partial charge in [-0.1, -0.05) is 0 Å². The minimum Gasteiger partial charge on any atom is -0.481 e. The third-order valence-electron chi connectivity index (χ3n) is 1.58. The van der Waals surface area contributed by atoms with Crippen LogP contribution in [-0.2, 0) is 0 Å². The minimum absolute atomic E-state index is 0.0155. The predicted octanol–water partition coefficient (Wildman–Crippen LogP) is -0.712. The molecule has 2 amide bonds. The lowest BCUT2D eigenvalue weighted by Crippen LogP contribution is -2.22. The number of carbonyl (C=O) groups is 2. The van der Waals surface area contributed by atoms with Crippen molar-refractivity contribution in [1.82, 2.24) is 4.98 Å². The van der Waals surface area contributed by atoms with Gasteiger partial charge in [0.1, 0.15) is 5.69 Å². The number of primary amides is 2. The molecule has 0 aromatic carbocycles. The van der Waals surface area contributed by atoms with Crippen LogP contribution in [0.15, 0.2) is 12.1 Å². The molecule has 14 heavy (non-hydrogen) atoms. The lowest BCUT2D eigenvalue weighted by Gasteiger charge is -2.04. The number of carbonyl (C=O) groups excluding carboxylic acids is 2. The fraction of sp³-hybridized carbons (Fsp3) is 0.125. The Morgan fingerprint density at radius 3 is 2.36 bits per heavy atom. The quantitative estimate of drug-likeness (QED) is 0.663. The first-order valence-corrected chi connectivity index (χ1v) is 3.71. The van der Waals surface area contributed by atoms with Gasteiger partial charge in [0, 0.05) is 6.07 Å². The van der Waals surface area contributed by atoms with Crippen LogP contribution in [0, 0.1) is 0 Å². The number of hydrogen-bond acceptors (Lipinski definition) is 4. The zero-order valence-electron chi connectivity index (χ0n) is 7.48. The maximum atomic E-state index is 10.9. The zero-order valence-corrected chi connectivity index (χ0v) is 7.48. The summed E-state index contributed by atoms with van der Waals surface area (Å²) in [6, 6.07) is 2.76. The summed E-state index contributed by atoms with van der Waals surface area (Å²) in [6.45, 7) is 0. The van der Waals surface area contributed by atoms with Crippen molar-refractivity contribution in [3.05, 3.63) is 23.4 Å². The average molecular weight is 195 g/mol. The Morgan fingerprint density at radius 2 is 1.93 bits per heavy atom. The Hall–Kier alpha value is -2.11. The van der Waals surface area contributed by atoms with Crippen LogP contribution in [0.5, 0.6) is 5.88 Å². The fourth-order valence-electron chi connectivity index (χ4n) is 0.942. The first-order valence-electron chi connectivity index (χ1n) is 3.71. The van der Waals surface area contributed by atoms with Crippen molar-refractivity contribution in [2.75, 3.05) is 7.11 Å². The lowest BCUT2D eigenvalue weighted by atomic mass is 10.2. The van der Waals surface area contributed by atoms with E-state index in [4.69, 9.17) is 16.2 Å². The Balaban J connectivity index is 3.31. The molecule has 1 heterocycles. The molecule has 0 bridgehead atoms. The molecular weight excluding hydrogens is 186 g/mol. The molecule has 0 fully saturated rings. The Kier molecular flexibility index (Phi) is 2.66. The summed E-state index contributed by atoms with van der Waals surface area (Å²) in [4.78, 5) is 25.5. The van der Waals surface area contributed by atoms with E-state index in [1.54, 1.807) is 0 Å². The van der Waals surface area contributed by atoms with E-state index in [1.807, 2.05) is 0 Å². The zero-order chi connectivity index (χ0) is 10.7. The van der Waals surface area contributed by atoms with Gasteiger partial charge in [-0.05, 0) is 6.07 Å². The molecule has 1 aromatic heterocycles. The molecule has 0 saturated heterocycles. The monoisotopic (exact) mass is 195 g/mol. The molecule has 4 N–H and O–H groups in total. The van der Waals surface area contributed by atoms with Crippen molar-refractivity contribution in [3.63, 3.8) is 0 Å². The van der Waals surface area contributed by atoms with Crippen LogP contribution in [-0.4, -0.2) is 23.9 Å². The van der Waals surface area contributed by atoms with Crippen molar-refractivity contribution in [2.45, 2.75) is 0 Å². The summed E-state index contributed by atoms with van der Waals surface area (Å²) in [7, 11) is 1.39. The van der Waals surface area contributed by atoms with E-state index in [-0.39, 0.29) is 17.1 Å². The Bertz CT molecular complexity index is 389. The minimum atomic E-state index is -0.822. The number of pyridine rings is 1. The number of hydrogen-bond donors (Lipinski definition) is 2. The molecule has 6 nitrogen and oxygen atoms in total. The summed E-state index contributed by atoms with van der Waals surface area (Å²) in [5, 5.41) is 0. The number of methoxy groups -OCH3 is 1. The summed E-state index contributed by atoms with van der Waals surface area (Å²) in [5.41, 5.74) is 9.83. The highest BCUT2D eigenvalue weighted by Crippen LogP contribution is 2.11. The van der Waals surface area contributed by atoms with Crippen LogP contribution < -0.4 is 16.2 Å². The van der Waals surface area contributed by atoms with Gasteiger partial charge in [-0.25, -0.2) is 4.98 Å². The smallest absolute Gasteiger partial charge is 0.268 e. The normalized spacial score (nSPS) is 9.50. The first-order chi connectivity index (χ1) is 6.56. The van der Waals surface area contributed by atoms with Crippen molar-refractivity contribution in [3.8, 4) is 5.88 Å². The van der Waals surface area contributed by atoms with E-state index in [9.17, 15) is 9.59 Å². The predicted molar refractivity (Wildman–Crippen MR) is 47.8 cm³/mol. The highest BCUT2D eigenvalue weighted by Gasteiger charge is 2.15. The van der Waals surface area contributed by atoms with E-state index in [0.717, 1.165) is 0 Å². The maximum absolute atomic E-state index is 10.9. The summed E-state index contributed by atoms with van der Waals surface area (Å²) >= 11 is 0. The molecule has 0 spiro atoms. The van der Waals surface area contributed by atoms with Gasteiger partial charge in [0.15, 0.2) is 0 Å². The second-order valence-electron chi connectivity index (χ2n) is 2.48. The number of rotatable bonds is 3. The Morgan fingerprint density at radius 1 is 1.29 bits per heavy atom. The lowest BCUT2D eigenvalue weighted by molar-refractivity contribution is 0.0962. The molecular formula is C8H9N3O3. The average Bonchev–Trinajstić information content (AvgIpc) is 2.16. The van der Waals surface area contributed by atoms with Gasteiger partial charge in [0.2, 0.25) is 5.88 Å². The number of nitrogens with two attached hydrogens (primary N) is 2. The van der Waals surface area contributed by atoms with Crippen molar-refractivity contribution >= 4 is 11.8 Å². The Labute approximate surface area is 79.9 Å². The van der Waals surface area contributed by atoms with E-state index in [0.29, 0.717) is 0 Å². The van der Waals surface area contributed by atoms with Crippen LogP contribution >= 0.6 is 0 Å². The second-order valence-corrected chi connectivity index (χ2v) is 2.48. The summed E-state index contributed by atoms with van der Waals surface area (Å²) < 4.78 is 4.77. The van der Waals surface area contributed by atoms with Gasteiger partial charge in [0.05, 0.1) is 12.7 Å². The fourth-order valence-corrected chi connectivity index (χ4v) is 0.942. The SMILES string of the molecule is COc1ccc(C(N)=O)c(C(N)=O)n1. The van der Waals surface area contributed by atoms with E-state index in [2.05, 4.69) is 4.98 Å². The van der Waals surface area contributed by atoms with Gasteiger partial charge in [-0.2, -0.15) is 0 Å². The molecule has 1 aromatic rings. The number of nitrogens with zero attached hydrogens (tertiary/aromatic N) is 1. The molecule has 74 valence electrons. The number of amides is 2. The van der Waals surface area contributed by atoms with Crippen LogP contribution in [0.4, 0.5) is 0 Å². The molecule has 0 saturated carbocycles. The molecule has 0 unspecified atom stereocenters. The second kappa shape index (κ2) is 3.73. The van der Waals surface area contributed by atoms with E-state index >= 15 is 0 Å². The van der Waals surface area contributed by atoms with Crippen LogP contribution in [0.2, 0.25) is 0 Å². The largest absolute Gasteiger partial charge is 0.481 e. The van der Waals surface area contributed by atoms with E-state index in [1.165, 1.54) is 19.2 Å². The van der Waals surface area contributed by atoms with Gasteiger partial charge in [-0.15, -0.1) is 0 Å². The first kappa shape index (κ1) is 9.97. The van der Waals surface area contributed by atoms with Crippen LogP contribution in [0.25, 0.3) is 0 Å².